The summed E-state index contributed by atoms with van der Waals surface area (Å²) in [5, 5.41) is 0. The molecule has 0 spiro atoms. The lowest BCUT2D eigenvalue weighted by molar-refractivity contribution is -0.133. The standard InChI is InChI=1S/C22H22N4O2/c1-2-17(15-6-4-3-5-7-15)22(28)26-13-10-18-19(14-26)24-20(25-21(18)27)16-8-11-23-12-9-16/h3-9,11-12,17H,2,10,13-14H2,1H3,(H,24,25,27)/t17-/m0/s1. The maximum Gasteiger partial charge on any atom is 0.254 e. The van der Waals surface area contributed by atoms with Crippen LogP contribution in [0.1, 0.15) is 36.1 Å². The highest BCUT2D eigenvalue weighted by Gasteiger charge is 2.29. The van der Waals surface area contributed by atoms with E-state index in [4.69, 9.17) is 0 Å². The Morgan fingerprint density at radius 3 is 2.64 bits per heavy atom. The Balaban J connectivity index is 1.63. The van der Waals surface area contributed by atoms with Gasteiger partial charge in [-0.1, -0.05) is 37.3 Å². The maximum atomic E-state index is 13.2. The molecule has 142 valence electrons. The molecule has 0 bridgehead atoms. The minimum atomic E-state index is -0.176. The van der Waals surface area contributed by atoms with Crippen molar-refractivity contribution in [3.63, 3.8) is 0 Å². The normalized spacial score (nSPS) is 14.4. The first kappa shape index (κ1) is 18.1. The summed E-state index contributed by atoms with van der Waals surface area (Å²) in [5.41, 5.74) is 3.05. The van der Waals surface area contributed by atoms with Crippen molar-refractivity contribution >= 4 is 5.91 Å². The fourth-order valence-electron chi connectivity index (χ4n) is 3.73. The minimum absolute atomic E-state index is 0.0897. The molecule has 0 saturated carbocycles. The zero-order chi connectivity index (χ0) is 19.5. The number of nitrogens with one attached hydrogen (secondary N) is 1. The number of aromatic amines is 1. The van der Waals surface area contributed by atoms with Crippen LogP contribution in [0, 0.1) is 0 Å². The molecule has 4 rings (SSSR count). The van der Waals surface area contributed by atoms with Crippen LogP contribution in [0.5, 0.6) is 0 Å². The second kappa shape index (κ2) is 7.76. The first-order valence-corrected chi connectivity index (χ1v) is 9.53. The Morgan fingerprint density at radius 1 is 1.18 bits per heavy atom. The monoisotopic (exact) mass is 374 g/mol. The van der Waals surface area contributed by atoms with Gasteiger partial charge < -0.3 is 9.88 Å². The maximum absolute atomic E-state index is 13.2. The third-order valence-corrected chi connectivity index (χ3v) is 5.25. The van der Waals surface area contributed by atoms with Crippen LogP contribution in [0.15, 0.2) is 59.7 Å². The van der Waals surface area contributed by atoms with E-state index in [2.05, 4.69) is 15.0 Å². The highest BCUT2D eigenvalue weighted by molar-refractivity contribution is 5.84. The van der Waals surface area contributed by atoms with Crippen LogP contribution in [-0.2, 0) is 17.8 Å². The fraction of sp³-hybridized carbons (Fsp3) is 0.273. The summed E-state index contributed by atoms with van der Waals surface area (Å²) in [6.07, 6.45) is 4.58. The fourth-order valence-corrected chi connectivity index (χ4v) is 3.73. The summed E-state index contributed by atoms with van der Waals surface area (Å²) < 4.78 is 0. The SMILES string of the molecule is CC[C@H](C(=O)N1CCc2c(nc(-c3ccncc3)[nH]c2=O)C1)c1ccccc1. The van der Waals surface area contributed by atoms with Crippen molar-refractivity contribution in [2.75, 3.05) is 6.54 Å². The van der Waals surface area contributed by atoms with Gasteiger partial charge in [-0.05, 0) is 30.5 Å². The van der Waals surface area contributed by atoms with Gasteiger partial charge in [0, 0.05) is 30.1 Å². The van der Waals surface area contributed by atoms with Gasteiger partial charge >= 0.3 is 0 Å². The second-order valence-electron chi connectivity index (χ2n) is 6.96. The van der Waals surface area contributed by atoms with Crippen molar-refractivity contribution < 1.29 is 4.79 Å². The molecule has 0 radical (unpaired) electrons. The smallest absolute Gasteiger partial charge is 0.254 e. The van der Waals surface area contributed by atoms with Crippen LogP contribution in [0.4, 0.5) is 0 Å². The number of fused-ring (bicyclic) bond motifs is 1. The van der Waals surface area contributed by atoms with Crippen molar-refractivity contribution in [1.82, 2.24) is 19.9 Å². The topological polar surface area (TPSA) is 79.0 Å². The minimum Gasteiger partial charge on any atom is -0.336 e. The number of hydrogen-bond acceptors (Lipinski definition) is 4. The molecule has 0 aliphatic carbocycles. The lowest BCUT2D eigenvalue weighted by Crippen LogP contribution is -2.41. The van der Waals surface area contributed by atoms with Gasteiger partial charge in [0.1, 0.15) is 5.82 Å². The molecule has 0 fully saturated rings. The molecule has 6 nitrogen and oxygen atoms in total. The van der Waals surface area contributed by atoms with Gasteiger partial charge in [0.25, 0.3) is 5.56 Å². The van der Waals surface area contributed by atoms with E-state index in [1.807, 2.05) is 42.2 Å². The molecule has 3 aromatic rings. The number of amides is 1. The average molecular weight is 374 g/mol. The first-order chi connectivity index (χ1) is 13.7. The summed E-state index contributed by atoms with van der Waals surface area (Å²) in [5.74, 6) is 0.423. The quantitative estimate of drug-likeness (QED) is 0.762. The molecule has 1 aliphatic rings. The number of rotatable bonds is 4. The van der Waals surface area contributed by atoms with Crippen LogP contribution in [-0.4, -0.2) is 32.3 Å². The number of pyridine rings is 1. The molecule has 1 N–H and O–H groups in total. The molecule has 28 heavy (non-hydrogen) atoms. The molecule has 0 saturated heterocycles. The van der Waals surface area contributed by atoms with Crippen molar-refractivity contribution in [3.05, 3.63) is 82.0 Å². The Kier molecular flexibility index (Phi) is 5.02. The van der Waals surface area contributed by atoms with E-state index in [0.29, 0.717) is 36.6 Å². The van der Waals surface area contributed by atoms with Gasteiger partial charge in [0.05, 0.1) is 18.2 Å². The van der Waals surface area contributed by atoms with E-state index in [-0.39, 0.29) is 17.4 Å². The number of aromatic nitrogens is 3. The Bertz CT molecular complexity index is 1030. The van der Waals surface area contributed by atoms with Crippen molar-refractivity contribution in [3.8, 4) is 11.4 Å². The molecular formula is C22H22N4O2. The number of carbonyl (C=O) groups is 1. The first-order valence-electron chi connectivity index (χ1n) is 9.53. The summed E-state index contributed by atoms with van der Waals surface area (Å²) in [6.45, 7) is 2.92. The predicted octanol–water partition coefficient (Wildman–Crippen LogP) is 2.91. The Labute approximate surface area is 163 Å². The van der Waals surface area contributed by atoms with E-state index >= 15 is 0 Å². The summed E-state index contributed by atoms with van der Waals surface area (Å²) in [6, 6.07) is 13.5. The Hall–Kier alpha value is -3.28. The lowest BCUT2D eigenvalue weighted by atomic mass is 9.94. The predicted molar refractivity (Wildman–Crippen MR) is 107 cm³/mol. The van der Waals surface area contributed by atoms with E-state index in [1.54, 1.807) is 24.5 Å². The average Bonchev–Trinajstić information content (AvgIpc) is 2.75. The van der Waals surface area contributed by atoms with Crippen LogP contribution >= 0.6 is 0 Å². The zero-order valence-electron chi connectivity index (χ0n) is 15.8. The molecule has 1 aromatic carbocycles. The molecule has 6 heteroatoms. The van der Waals surface area contributed by atoms with E-state index in [9.17, 15) is 9.59 Å². The van der Waals surface area contributed by atoms with Crippen LogP contribution in [0.2, 0.25) is 0 Å². The van der Waals surface area contributed by atoms with Crippen LogP contribution < -0.4 is 5.56 Å². The molecule has 1 atom stereocenters. The van der Waals surface area contributed by atoms with Gasteiger partial charge in [-0.2, -0.15) is 0 Å². The third-order valence-electron chi connectivity index (χ3n) is 5.25. The number of H-pyrrole nitrogens is 1. The summed E-state index contributed by atoms with van der Waals surface area (Å²) >= 11 is 0. The molecule has 1 amide bonds. The lowest BCUT2D eigenvalue weighted by Gasteiger charge is -2.31. The highest BCUT2D eigenvalue weighted by Crippen LogP contribution is 2.25. The van der Waals surface area contributed by atoms with Gasteiger partial charge in [-0.25, -0.2) is 4.98 Å². The number of carbonyl (C=O) groups excluding carboxylic acids is 1. The zero-order valence-corrected chi connectivity index (χ0v) is 15.8. The van der Waals surface area contributed by atoms with Gasteiger partial charge in [-0.3, -0.25) is 14.6 Å². The number of benzene rings is 1. The van der Waals surface area contributed by atoms with Gasteiger partial charge in [-0.15, -0.1) is 0 Å². The molecule has 1 aliphatic heterocycles. The van der Waals surface area contributed by atoms with Crippen molar-refractivity contribution in [1.29, 1.82) is 0 Å². The number of hydrogen-bond donors (Lipinski definition) is 1. The number of nitrogens with zero attached hydrogens (tertiary/aromatic N) is 3. The van der Waals surface area contributed by atoms with Crippen LogP contribution in [0.25, 0.3) is 11.4 Å². The second-order valence-corrected chi connectivity index (χ2v) is 6.96. The third kappa shape index (κ3) is 3.45. The largest absolute Gasteiger partial charge is 0.336 e. The van der Waals surface area contributed by atoms with Gasteiger partial charge in [0.2, 0.25) is 5.91 Å². The summed E-state index contributed by atoms with van der Waals surface area (Å²) in [7, 11) is 0. The van der Waals surface area contributed by atoms with E-state index in [0.717, 1.165) is 17.5 Å². The Morgan fingerprint density at radius 2 is 1.93 bits per heavy atom. The van der Waals surface area contributed by atoms with Crippen LogP contribution in [0.3, 0.4) is 0 Å². The molecule has 0 unspecified atom stereocenters. The highest BCUT2D eigenvalue weighted by atomic mass is 16.2. The van der Waals surface area contributed by atoms with Gasteiger partial charge in [0.15, 0.2) is 0 Å². The summed E-state index contributed by atoms with van der Waals surface area (Å²) in [4.78, 5) is 39.1. The molecule has 2 aromatic heterocycles. The van der Waals surface area contributed by atoms with Crippen molar-refractivity contribution in [2.24, 2.45) is 0 Å². The molecule has 3 heterocycles. The van der Waals surface area contributed by atoms with E-state index < -0.39 is 0 Å². The van der Waals surface area contributed by atoms with Crippen molar-refractivity contribution in [2.45, 2.75) is 32.2 Å². The van der Waals surface area contributed by atoms with E-state index in [1.165, 1.54) is 0 Å². The molecular weight excluding hydrogens is 352 g/mol.